The number of amides is 3. The van der Waals surface area contributed by atoms with E-state index in [1.54, 1.807) is 68.2 Å². The topological polar surface area (TPSA) is 227 Å². The third-order valence-electron chi connectivity index (χ3n) is 17.3. The number of hydrogen-bond acceptors (Lipinski definition) is 16. The number of imidazole rings is 3. The largest absolute Gasteiger partial charge is 0.475 e. The molecule has 0 spiro atoms. The fraction of sp³-hybridized carbons (Fsp3) is 0.254. The molecular weight excluding hydrogens is 1230 g/mol. The van der Waals surface area contributed by atoms with Gasteiger partial charge in [-0.1, -0.05) is 115 Å². The van der Waals surface area contributed by atoms with E-state index in [4.69, 9.17) is 23.4 Å². The molecular formula is C71H66FN15O7S. The van der Waals surface area contributed by atoms with Gasteiger partial charge in [0.2, 0.25) is 10.8 Å². The van der Waals surface area contributed by atoms with Crippen molar-refractivity contribution in [3.05, 3.63) is 223 Å². The van der Waals surface area contributed by atoms with Crippen molar-refractivity contribution in [2.24, 2.45) is 0 Å². The maximum Gasteiger partial charge on any atom is 0.316 e. The maximum absolute atomic E-state index is 13.8. The maximum atomic E-state index is 13.8. The number of aryl methyl sites for hydroxylation is 2. The smallest absolute Gasteiger partial charge is 0.316 e. The number of carbonyl (C=O) groups excluding carboxylic acids is 3. The third-order valence-corrected chi connectivity index (χ3v) is 18.0. The average molecular weight is 1290 g/mol. The van der Waals surface area contributed by atoms with Crippen LogP contribution < -0.4 is 9.47 Å². The van der Waals surface area contributed by atoms with E-state index in [1.165, 1.54) is 29.7 Å². The molecule has 3 saturated heterocycles. The summed E-state index contributed by atoms with van der Waals surface area (Å²) in [5.41, 5.74) is 11.5. The van der Waals surface area contributed by atoms with E-state index < -0.39 is 0 Å². The molecule has 24 heteroatoms. The fourth-order valence-electron chi connectivity index (χ4n) is 12.5. The molecule has 9 aromatic heterocycles. The predicted molar refractivity (Wildman–Crippen MR) is 353 cm³/mol. The molecule has 3 aliphatic rings. The van der Waals surface area contributed by atoms with Gasteiger partial charge in [-0.15, -0.1) is 0 Å². The Morgan fingerprint density at radius 2 is 1.09 bits per heavy atom. The van der Waals surface area contributed by atoms with Crippen molar-refractivity contribution in [2.75, 3.05) is 32.8 Å². The van der Waals surface area contributed by atoms with Gasteiger partial charge in [-0.3, -0.25) is 27.9 Å². The molecule has 480 valence electrons. The van der Waals surface area contributed by atoms with Crippen LogP contribution in [0, 0.1) is 12.7 Å². The van der Waals surface area contributed by atoms with Gasteiger partial charge in [-0.05, 0) is 93.3 Å². The summed E-state index contributed by atoms with van der Waals surface area (Å²) in [7, 11) is 0. The molecule has 0 saturated carbocycles. The van der Waals surface area contributed by atoms with Crippen molar-refractivity contribution >= 4 is 45.7 Å². The van der Waals surface area contributed by atoms with Gasteiger partial charge in [0.05, 0.1) is 30.4 Å². The van der Waals surface area contributed by atoms with E-state index in [0.29, 0.717) is 108 Å². The summed E-state index contributed by atoms with van der Waals surface area (Å²) in [5.74, 6) is 0.796. The molecule has 0 N–H and O–H groups in total. The minimum Gasteiger partial charge on any atom is -0.475 e. The van der Waals surface area contributed by atoms with Crippen LogP contribution >= 0.6 is 11.3 Å². The van der Waals surface area contributed by atoms with Crippen LogP contribution in [-0.2, 0) is 13.0 Å². The van der Waals surface area contributed by atoms with Crippen LogP contribution in [0.3, 0.4) is 0 Å². The third kappa shape index (κ3) is 13.0. The Balaban J connectivity index is 0.000000123. The van der Waals surface area contributed by atoms with Crippen LogP contribution in [0.25, 0.3) is 61.7 Å². The number of pyridine rings is 1. The Morgan fingerprint density at radius 1 is 0.568 bits per heavy atom. The molecule has 16 rings (SSSR count). The van der Waals surface area contributed by atoms with Gasteiger partial charge in [0.15, 0.2) is 5.69 Å². The standard InChI is InChI=1S/C25H21FN6OS.C23H23N5O3.C23H22N4O3/c26-19-10-8-18(9-11-19)22-23(32-25(28-22)34-16-27-32)24(33)31-13-4-7-20(31)15-30-14-12-21(29-30)17-5-2-1-3-6-17;1-2-16-13-24-22(25-14-16)31-15-18-9-6-10-27(18)21(29)20-19(17-7-4-3-5-8-17)26-23-28(20)11-12-30-23;1-16-9-10-19(24-14-16)30-15-18-8-5-11-26(18)22(28)21-20(17-6-3-2-4-7-17)25-23-27(21)12-13-29-23/h1-3,5-6,8-12,14,16,20H,4,7,13,15H2;3-5,7-8,11-14,18H,2,6,9-10,15H2,1H3;2-4,6-7,9-10,12-14,18H,5,8,11,15H2,1H3/t20-;2*18-/m000/s1. The van der Waals surface area contributed by atoms with Crippen LogP contribution in [0.2, 0.25) is 0 Å². The lowest BCUT2D eigenvalue weighted by Crippen LogP contribution is -2.39. The van der Waals surface area contributed by atoms with E-state index >= 15 is 0 Å². The Bertz CT molecular complexity index is 4760. The number of aromatic nitrogens is 12. The summed E-state index contributed by atoms with van der Waals surface area (Å²) in [6.45, 7) is 7.44. The first kappa shape index (κ1) is 61.4. The van der Waals surface area contributed by atoms with Crippen LogP contribution in [0.5, 0.6) is 11.9 Å². The summed E-state index contributed by atoms with van der Waals surface area (Å²) < 4.78 is 43.1. The monoisotopic (exact) mass is 1290 g/mol. The molecule has 0 radical (unpaired) electrons. The zero-order chi connectivity index (χ0) is 64.8. The molecule has 3 amide bonds. The number of likely N-dealkylation sites (tertiary alicyclic amines) is 3. The van der Waals surface area contributed by atoms with Gasteiger partial charge < -0.3 is 33.0 Å². The number of carbonyl (C=O) groups is 3. The van der Waals surface area contributed by atoms with E-state index in [2.05, 4.69) is 41.9 Å². The normalized spacial score (nSPS) is 16.1. The molecule has 3 fully saturated rings. The summed E-state index contributed by atoms with van der Waals surface area (Å²) in [6.07, 6.45) is 20.2. The second-order valence-corrected chi connectivity index (χ2v) is 24.2. The molecule has 3 atom stereocenters. The summed E-state index contributed by atoms with van der Waals surface area (Å²) >= 11 is 1.37. The number of benzene rings is 4. The number of halogens is 1. The predicted octanol–water partition coefficient (Wildman–Crippen LogP) is 12.4. The Hall–Kier alpha value is -11.1. The first-order chi connectivity index (χ1) is 46.6. The lowest BCUT2D eigenvalue weighted by molar-refractivity contribution is 0.0675. The highest BCUT2D eigenvalue weighted by Crippen LogP contribution is 2.34. The van der Waals surface area contributed by atoms with Crippen molar-refractivity contribution < 1.29 is 37.1 Å². The molecule has 0 aliphatic carbocycles. The van der Waals surface area contributed by atoms with Crippen molar-refractivity contribution in [3.8, 4) is 56.9 Å². The number of nitrogens with zero attached hydrogens (tertiary/aromatic N) is 15. The summed E-state index contributed by atoms with van der Waals surface area (Å²) in [5, 5.41) is 9.08. The number of fused-ring (bicyclic) bond motifs is 3. The zero-order valence-corrected chi connectivity index (χ0v) is 53.0. The first-order valence-corrected chi connectivity index (χ1v) is 32.6. The second-order valence-electron chi connectivity index (χ2n) is 23.4. The quantitative estimate of drug-likeness (QED) is 0.0876. The van der Waals surface area contributed by atoms with Crippen molar-refractivity contribution in [1.82, 2.24) is 72.8 Å². The van der Waals surface area contributed by atoms with Crippen LogP contribution in [0.4, 0.5) is 4.39 Å². The number of rotatable bonds is 16. The lowest BCUT2D eigenvalue weighted by Gasteiger charge is -2.24. The van der Waals surface area contributed by atoms with Crippen LogP contribution in [-0.4, -0.2) is 141 Å². The molecule has 0 unspecified atom stereocenters. The van der Waals surface area contributed by atoms with Crippen LogP contribution in [0.15, 0.2) is 198 Å². The molecule has 12 heterocycles. The fourth-order valence-corrected chi connectivity index (χ4v) is 13.1. The number of ether oxygens (including phenoxy) is 2. The lowest BCUT2D eigenvalue weighted by atomic mass is 10.1. The van der Waals surface area contributed by atoms with Gasteiger partial charge in [0.25, 0.3) is 17.7 Å². The highest BCUT2D eigenvalue weighted by Gasteiger charge is 2.38. The second kappa shape index (κ2) is 27.6. The van der Waals surface area contributed by atoms with Crippen molar-refractivity contribution in [3.63, 3.8) is 0 Å². The van der Waals surface area contributed by atoms with E-state index in [-0.39, 0.29) is 41.7 Å². The zero-order valence-electron chi connectivity index (χ0n) is 52.2. The van der Waals surface area contributed by atoms with Gasteiger partial charge in [-0.25, -0.2) is 24.3 Å². The first-order valence-electron chi connectivity index (χ1n) is 31.7. The van der Waals surface area contributed by atoms with E-state index in [1.807, 2.05) is 142 Å². The SMILES string of the molecule is CCc1cnc(OC[C@@H]2CCCN2C(=O)c2c(-c3ccccc3)nc3occn23)nc1.Cc1ccc(OC[C@@H]2CCCN2C(=O)c2c(-c3ccccc3)nc3occn23)nc1.O=C(c1c(-c2ccc(F)cc2)nc2scnn12)N1CCC[C@H]1Cn1ccc(-c2ccccc2)n1. The highest BCUT2D eigenvalue weighted by atomic mass is 32.1. The Morgan fingerprint density at radius 3 is 1.66 bits per heavy atom. The molecule has 22 nitrogen and oxygen atoms in total. The van der Waals surface area contributed by atoms with Crippen molar-refractivity contribution in [1.29, 1.82) is 0 Å². The number of hydrogen-bond donors (Lipinski definition) is 0. The molecule has 0 bridgehead atoms. The Kier molecular flexibility index (Phi) is 17.8. The average Bonchev–Trinajstić information content (AvgIpc) is 1.64. The molecule has 3 aliphatic heterocycles. The van der Waals surface area contributed by atoms with Gasteiger partial charge >= 0.3 is 17.7 Å². The van der Waals surface area contributed by atoms with Gasteiger partial charge in [0, 0.05) is 85.1 Å². The Labute approximate surface area is 548 Å². The van der Waals surface area contributed by atoms with Gasteiger partial charge in [-0.2, -0.15) is 24.7 Å². The molecule has 13 aromatic rings. The van der Waals surface area contributed by atoms with Gasteiger partial charge in [0.1, 0.15) is 65.5 Å². The molecule has 4 aromatic carbocycles. The van der Waals surface area contributed by atoms with Crippen LogP contribution in [0.1, 0.15) is 88.0 Å². The van der Waals surface area contributed by atoms with Crippen molar-refractivity contribution in [2.45, 2.75) is 83.5 Å². The minimum atomic E-state index is -0.329. The summed E-state index contributed by atoms with van der Waals surface area (Å²) in [4.78, 5) is 74.0. The summed E-state index contributed by atoms with van der Waals surface area (Å²) in [6, 6.07) is 41.6. The number of oxazole rings is 2. The van der Waals surface area contributed by atoms with E-state index in [9.17, 15) is 18.8 Å². The highest BCUT2D eigenvalue weighted by molar-refractivity contribution is 7.14. The molecule has 95 heavy (non-hydrogen) atoms. The van der Waals surface area contributed by atoms with E-state index in [0.717, 1.165) is 78.5 Å². The minimum absolute atomic E-state index is 0.0123.